The van der Waals surface area contributed by atoms with Crippen molar-refractivity contribution in [3.8, 4) is 0 Å². The zero-order valence-electron chi connectivity index (χ0n) is 8.81. The molecule has 2 rings (SSSR count). The van der Waals surface area contributed by atoms with E-state index in [-0.39, 0.29) is 5.91 Å². The fourth-order valence-corrected chi connectivity index (χ4v) is 1.63. The van der Waals surface area contributed by atoms with Crippen LogP contribution in [0, 0.1) is 4.91 Å². The number of hydrogen-bond donors (Lipinski definition) is 1. The Morgan fingerprint density at radius 2 is 1.81 bits per heavy atom. The fourth-order valence-electron chi connectivity index (χ4n) is 1.63. The Morgan fingerprint density at radius 1 is 1.19 bits per heavy atom. The smallest absolute Gasteiger partial charge is 0.254 e. The second-order valence-corrected chi connectivity index (χ2v) is 3.58. The van der Waals surface area contributed by atoms with Gasteiger partial charge in [0.15, 0.2) is 0 Å². The lowest BCUT2D eigenvalue weighted by molar-refractivity contribution is -0.379. The Morgan fingerprint density at radius 3 is 2.38 bits per heavy atom. The Hall–Kier alpha value is -1.75. The van der Waals surface area contributed by atoms with E-state index in [1.54, 1.807) is 34.3 Å². The molecule has 0 spiro atoms. The number of rotatable bonds is 2. The minimum Gasteiger partial charge on any atom is -0.378 e. The number of ether oxygens (including phenoxy) is 1. The molecule has 1 aromatic carbocycles. The maximum absolute atomic E-state index is 12.0. The van der Waals surface area contributed by atoms with Gasteiger partial charge in [-0.05, 0) is 12.1 Å². The number of amides is 1. The summed E-state index contributed by atoms with van der Waals surface area (Å²) in [5, 5.41) is 1.78. The summed E-state index contributed by atoms with van der Waals surface area (Å²) in [7, 11) is 0. The van der Waals surface area contributed by atoms with Gasteiger partial charge in [0.05, 0.1) is 13.2 Å². The van der Waals surface area contributed by atoms with Crippen LogP contribution in [0.3, 0.4) is 0 Å². The molecule has 16 heavy (non-hydrogen) atoms. The first-order valence-electron chi connectivity index (χ1n) is 5.16. The van der Waals surface area contributed by atoms with E-state index in [1.165, 1.54) is 0 Å². The summed E-state index contributed by atoms with van der Waals surface area (Å²) in [5.74, 6) is -0.0132. The molecule has 0 aromatic heterocycles. The van der Waals surface area contributed by atoms with E-state index in [2.05, 4.69) is 0 Å². The average Bonchev–Trinajstić information content (AvgIpc) is 2.39. The van der Waals surface area contributed by atoms with Crippen LogP contribution in [-0.2, 0) is 4.74 Å². The van der Waals surface area contributed by atoms with Gasteiger partial charge in [0.1, 0.15) is 0 Å². The molecule has 1 aliphatic heterocycles. The van der Waals surface area contributed by atoms with E-state index < -0.39 is 0 Å². The highest BCUT2D eigenvalue weighted by atomic mass is 16.5. The Balaban J connectivity index is 2.10. The zero-order chi connectivity index (χ0) is 11.4. The van der Waals surface area contributed by atoms with Crippen molar-refractivity contribution in [2.75, 3.05) is 26.3 Å². The molecule has 1 aliphatic rings. The van der Waals surface area contributed by atoms with Gasteiger partial charge < -0.3 is 9.64 Å². The van der Waals surface area contributed by atoms with Gasteiger partial charge in [-0.25, -0.2) is 0 Å². The molecule has 1 aromatic rings. The third-order valence-corrected chi connectivity index (χ3v) is 2.55. The molecule has 5 heteroatoms. The third-order valence-electron chi connectivity index (χ3n) is 2.55. The van der Waals surface area contributed by atoms with Crippen LogP contribution in [0.5, 0.6) is 0 Å². The minimum atomic E-state index is -0.0132. The van der Waals surface area contributed by atoms with Gasteiger partial charge in [-0.1, -0.05) is 0 Å². The summed E-state index contributed by atoms with van der Waals surface area (Å²) in [4.78, 5) is 24.1. The van der Waals surface area contributed by atoms with E-state index in [9.17, 15) is 9.70 Å². The van der Waals surface area contributed by atoms with Crippen LogP contribution >= 0.6 is 0 Å². The number of hydrogen-bond acceptors (Lipinski definition) is 3. The quantitative estimate of drug-likeness (QED) is 0.741. The molecule has 0 bridgehead atoms. The van der Waals surface area contributed by atoms with Crippen LogP contribution in [-0.4, -0.2) is 37.1 Å². The second-order valence-electron chi connectivity index (χ2n) is 3.58. The van der Waals surface area contributed by atoms with E-state index in [0.29, 0.717) is 37.6 Å². The van der Waals surface area contributed by atoms with Crippen LogP contribution in [0.25, 0.3) is 0 Å². The highest BCUT2D eigenvalue weighted by Crippen LogP contribution is 2.09. The van der Waals surface area contributed by atoms with Crippen molar-refractivity contribution in [2.45, 2.75) is 0 Å². The van der Waals surface area contributed by atoms with Crippen molar-refractivity contribution in [1.82, 2.24) is 4.90 Å². The van der Waals surface area contributed by atoms with Crippen molar-refractivity contribution in [3.63, 3.8) is 0 Å². The van der Waals surface area contributed by atoms with Crippen molar-refractivity contribution >= 4 is 11.6 Å². The maximum Gasteiger partial charge on any atom is 0.254 e. The molecular weight excluding hydrogens is 208 g/mol. The number of carbonyl (C=O) groups is 1. The van der Waals surface area contributed by atoms with Gasteiger partial charge in [-0.3, -0.25) is 4.79 Å². The highest BCUT2D eigenvalue weighted by Gasteiger charge is 2.18. The molecule has 0 saturated carbocycles. The lowest BCUT2D eigenvalue weighted by Gasteiger charge is -2.26. The molecule has 0 aliphatic carbocycles. The van der Waals surface area contributed by atoms with Crippen molar-refractivity contribution in [1.29, 1.82) is 0 Å². The molecule has 1 saturated heterocycles. The van der Waals surface area contributed by atoms with E-state index >= 15 is 0 Å². The normalized spacial score (nSPS) is 15.9. The minimum absolute atomic E-state index is 0.0132. The second kappa shape index (κ2) is 4.85. The van der Waals surface area contributed by atoms with Gasteiger partial charge in [0.25, 0.3) is 11.6 Å². The van der Waals surface area contributed by atoms with Gasteiger partial charge >= 0.3 is 0 Å². The number of benzene rings is 1. The first kappa shape index (κ1) is 10.8. The lowest BCUT2D eigenvalue weighted by Crippen LogP contribution is -2.55. The van der Waals surface area contributed by atoms with E-state index in [0.717, 1.165) is 0 Å². The first-order chi connectivity index (χ1) is 7.81. The van der Waals surface area contributed by atoms with Gasteiger partial charge in [0.2, 0.25) is 0 Å². The summed E-state index contributed by atoms with van der Waals surface area (Å²) in [6.07, 6.45) is 0. The van der Waals surface area contributed by atoms with Gasteiger partial charge in [0, 0.05) is 40.9 Å². The highest BCUT2D eigenvalue weighted by molar-refractivity contribution is 5.94. The van der Waals surface area contributed by atoms with Gasteiger partial charge in [-0.15, -0.1) is 0 Å². The van der Waals surface area contributed by atoms with Crippen LogP contribution < -0.4 is 5.18 Å². The third kappa shape index (κ3) is 2.25. The predicted octanol–water partition coefficient (Wildman–Crippen LogP) is -0.362. The standard InChI is InChI=1S/C11H12N2O3/c14-11(13-5-7-16-8-6-13)9-1-3-10(12-15)4-2-9/h1-4H,5-8H2/p+1. The summed E-state index contributed by atoms with van der Waals surface area (Å²) in [5.41, 5.74) is 1.06. The number of nitrogens with one attached hydrogen (secondary N) is 1. The van der Waals surface area contributed by atoms with E-state index in [1.807, 2.05) is 0 Å². The summed E-state index contributed by atoms with van der Waals surface area (Å²) in [6.45, 7) is 2.43. The summed E-state index contributed by atoms with van der Waals surface area (Å²) >= 11 is 0. The first-order valence-corrected chi connectivity index (χ1v) is 5.16. The summed E-state index contributed by atoms with van der Waals surface area (Å²) < 4.78 is 5.18. The van der Waals surface area contributed by atoms with Crippen molar-refractivity contribution in [2.24, 2.45) is 0 Å². The molecule has 0 radical (unpaired) electrons. The van der Waals surface area contributed by atoms with Crippen molar-refractivity contribution < 1.29 is 14.7 Å². The molecule has 1 heterocycles. The molecule has 1 N–H and O–H groups in total. The molecule has 1 fully saturated rings. The molecule has 5 nitrogen and oxygen atoms in total. The van der Waals surface area contributed by atoms with Crippen molar-refractivity contribution in [3.05, 3.63) is 34.7 Å². The number of nitroso groups, excluding NO2 is 1. The molecule has 1 amide bonds. The van der Waals surface area contributed by atoms with Crippen LogP contribution in [0.1, 0.15) is 10.4 Å². The number of nitrogens with zero attached hydrogens (tertiary/aromatic N) is 1. The van der Waals surface area contributed by atoms with Crippen LogP contribution in [0.4, 0.5) is 5.69 Å². The molecule has 0 atom stereocenters. The Kier molecular flexibility index (Phi) is 3.26. The maximum atomic E-state index is 12.0. The molecular formula is C11H13N2O3+. The Bertz CT molecular complexity index is 383. The monoisotopic (exact) mass is 221 g/mol. The number of carbonyl (C=O) groups excluding carboxylic acids is 1. The number of morpholine rings is 1. The zero-order valence-corrected chi connectivity index (χ0v) is 8.81. The topological polar surface area (TPSA) is 60.6 Å². The predicted molar refractivity (Wildman–Crippen MR) is 57.2 cm³/mol. The van der Waals surface area contributed by atoms with E-state index in [4.69, 9.17) is 4.74 Å². The SMILES string of the molecule is O=[NH+]c1ccc(C(=O)N2CCOCC2)cc1. The molecule has 84 valence electrons. The lowest BCUT2D eigenvalue weighted by atomic mass is 10.2. The molecule has 0 unspecified atom stereocenters. The fraction of sp³-hybridized carbons (Fsp3) is 0.364. The average molecular weight is 221 g/mol. The van der Waals surface area contributed by atoms with Crippen LogP contribution in [0.15, 0.2) is 24.3 Å². The van der Waals surface area contributed by atoms with Crippen LogP contribution in [0.2, 0.25) is 0 Å². The van der Waals surface area contributed by atoms with Gasteiger partial charge in [-0.2, -0.15) is 0 Å². The Labute approximate surface area is 93.0 Å². The largest absolute Gasteiger partial charge is 0.378 e. The summed E-state index contributed by atoms with van der Waals surface area (Å²) in [6, 6.07) is 6.50.